The van der Waals surface area contributed by atoms with E-state index in [0.717, 1.165) is 22.3 Å². The van der Waals surface area contributed by atoms with E-state index in [1.807, 2.05) is 24.4 Å². The van der Waals surface area contributed by atoms with Gasteiger partial charge in [-0.3, -0.25) is 4.79 Å². The van der Waals surface area contributed by atoms with Crippen LogP contribution in [0.15, 0.2) is 24.4 Å². The number of amides is 1. The number of nitrogens with one attached hydrogen (secondary N) is 4. The van der Waals surface area contributed by atoms with Gasteiger partial charge in [-0.2, -0.15) is 0 Å². The third-order valence-corrected chi connectivity index (χ3v) is 5.42. The topological polar surface area (TPSA) is 69.0 Å². The zero-order chi connectivity index (χ0) is 18.6. The minimum atomic E-state index is -0.0136. The predicted molar refractivity (Wildman–Crippen MR) is 112 cm³/mol. The van der Waals surface area contributed by atoms with Gasteiger partial charge in [-0.1, -0.05) is 40.0 Å². The van der Waals surface area contributed by atoms with Crippen molar-refractivity contribution in [2.24, 2.45) is 5.41 Å². The fraction of sp³-hybridized carbons (Fsp3) is 0.550. The van der Waals surface area contributed by atoms with E-state index < -0.39 is 0 Å². The summed E-state index contributed by atoms with van der Waals surface area (Å²) in [5.74, 6) is 0.0500. The third-order valence-electron chi connectivity index (χ3n) is 4.65. The van der Waals surface area contributed by atoms with Gasteiger partial charge in [-0.15, -0.1) is 0 Å². The molecule has 1 fully saturated rings. The molecule has 0 spiro atoms. The van der Waals surface area contributed by atoms with Crippen molar-refractivity contribution in [2.75, 3.05) is 10.0 Å². The lowest BCUT2D eigenvalue weighted by Gasteiger charge is -2.22. The Morgan fingerprint density at radius 3 is 2.73 bits per heavy atom. The summed E-state index contributed by atoms with van der Waals surface area (Å²) in [4.78, 5) is 15.4. The number of aromatic amines is 1. The molecule has 6 heteroatoms. The SMILES string of the molecule is CC(C)(C)CC(=O)Nc1ccc2c(NSNC3CCCCC3)c[nH]c2c1. The maximum absolute atomic E-state index is 12.1. The van der Waals surface area contributed by atoms with Gasteiger partial charge in [0.15, 0.2) is 0 Å². The highest BCUT2D eigenvalue weighted by atomic mass is 32.2. The molecule has 26 heavy (non-hydrogen) atoms. The van der Waals surface area contributed by atoms with Gasteiger partial charge in [-0.25, -0.2) is 4.72 Å². The molecular formula is C20H30N4OS. The molecule has 1 aliphatic carbocycles. The predicted octanol–water partition coefficient (Wildman–Crippen LogP) is 5.44. The van der Waals surface area contributed by atoms with Crippen molar-refractivity contribution in [2.45, 2.75) is 65.3 Å². The first-order valence-corrected chi connectivity index (χ1v) is 10.3. The molecule has 0 radical (unpaired) electrons. The average Bonchev–Trinajstić information content (AvgIpc) is 2.96. The monoisotopic (exact) mass is 374 g/mol. The van der Waals surface area contributed by atoms with Crippen molar-refractivity contribution >= 4 is 40.3 Å². The number of benzene rings is 1. The second kappa shape index (κ2) is 8.35. The molecule has 1 aromatic carbocycles. The highest BCUT2D eigenvalue weighted by molar-refractivity contribution is 7.98. The number of carbonyl (C=O) groups excluding carboxylic acids is 1. The zero-order valence-corrected chi connectivity index (χ0v) is 16.8. The molecule has 0 saturated heterocycles. The molecule has 1 amide bonds. The van der Waals surface area contributed by atoms with Gasteiger partial charge < -0.3 is 15.0 Å². The van der Waals surface area contributed by atoms with E-state index in [0.29, 0.717) is 12.5 Å². The standard InChI is InChI=1S/C20H30N4OS/c1-20(2,3)12-19(25)22-15-9-10-16-17(11-15)21-13-18(16)24-26-23-14-7-5-4-6-8-14/h9-11,13-14,21,23-24H,4-8,12H2,1-3H3,(H,22,25). The van der Waals surface area contributed by atoms with Crippen molar-refractivity contribution in [3.63, 3.8) is 0 Å². The maximum atomic E-state index is 12.1. The van der Waals surface area contributed by atoms with E-state index in [4.69, 9.17) is 0 Å². The number of carbonyl (C=O) groups is 1. The van der Waals surface area contributed by atoms with E-state index in [1.165, 1.54) is 32.1 Å². The van der Waals surface area contributed by atoms with E-state index in [9.17, 15) is 4.79 Å². The van der Waals surface area contributed by atoms with Crippen LogP contribution in [0.5, 0.6) is 0 Å². The summed E-state index contributed by atoms with van der Waals surface area (Å²) in [6.45, 7) is 6.20. The van der Waals surface area contributed by atoms with Crippen LogP contribution in [0.1, 0.15) is 59.3 Å². The van der Waals surface area contributed by atoms with Gasteiger partial charge in [0.1, 0.15) is 0 Å². The minimum absolute atomic E-state index is 0.0136. The molecule has 1 saturated carbocycles. The molecule has 0 bridgehead atoms. The molecule has 5 nitrogen and oxygen atoms in total. The smallest absolute Gasteiger partial charge is 0.224 e. The second-order valence-corrected chi connectivity index (χ2v) is 9.05. The van der Waals surface area contributed by atoms with E-state index in [2.05, 4.69) is 40.5 Å². The summed E-state index contributed by atoms with van der Waals surface area (Å²) in [6, 6.07) is 6.60. The number of rotatable bonds is 6. The van der Waals surface area contributed by atoms with Gasteiger partial charge in [0, 0.05) is 47.4 Å². The molecule has 0 aliphatic heterocycles. The Morgan fingerprint density at radius 1 is 1.23 bits per heavy atom. The quantitative estimate of drug-likeness (QED) is 0.508. The molecule has 0 atom stereocenters. The maximum Gasteiger partial charge on any atom is 0.224 e. The fourth-order valence-corrected chi connectivity index (χ4v) is 4.10. The van der Waals surface area contributed by atoms with Crippen molar-refractivity contribution in [3.8, 4) is 0 Å². The third kappa shape index (κ3) is 5.42. The van der Waals surface area contributed by atoms with E-state index in [-0.39, 0.29) is 11.3 Å². The summed E-state index contributed by atoms with van der Waals surface area (Å²) in [6.07, 6.45) is 9.03. The van der Waals surface area contributed by atoms with Crippen LogP contribution in [0.25, 0.3) is 10.9 Å². The minimum Gasteiger partial charge on any atom is -0.359 e. The molecule has 1 aliphatic rings. The van der Waals surface area contributed by atoms with Gasteiger partial charge in [-0.05, 0) is 36.5 Å². The largest absolute Gasteiger partial charge is 0.359 e. The van der Waals surface area contributed by atoms with Crippen molar-refractivity contribution < 1.29 is 4.79 Å². The van der Waals surface area contributed by atoms with Gasteiger partial charge >= 0.3 is 0 Å². The molecule has 3 rings (SSSR count). The number of aromatic nitrogens is 1. The normalized spacial score (nSPS) is 16.0. The average molecular weight is 375 g/mol. The summed E-state index contributed by atoms with van der Waals surface area (Å²) in [7, 11) is 0. The summed E-state index contributed by atoms with van der Waals surface area (Å²) in [5, 5.41) is 4.11. The highest BCUT2D eigenvalue weighted by Gasteiger charge is 2.16. The molecular weight excluding hydrogens is 344 g/mol. The van der Waals surface area contributed by atoms with E-state index >= 15 is 0 Å². The van der Waals surface area contributed by atoms with Crippen LogP contribution in [-0.2, 0) is 4.79 Å². The van der Waals surface area contributed by atoms with Crippen LogP contribution in [0.2, 0.25) is 0 Å². The van der Waals surface area contributed by atoms with Gasteiger partial charge in [0.05, 0.1) is 5.69 Å². The number of fused-ring (bicyclic) bond motifs is 1. The first kappa shape index (κ1) is 19.1. The van der Waals surface area contributed by atoms with Crippen LogP contribution >= 0.6 is 12.1 Å². The Kier molecular flexibility index (Phi) is 6.14. The van der Waals surface area contributed by atoms with E-state index in [1.54, 1.807) is 12.1 Å². The Morgan fingerprint density at radius 2 is 2.00 bits per heavy atom. The Hall–Kier alpha value is -1.66. The first-order valence-electron chi connectivity index (χ1n) is 9.49. The van der Waals surface area contributed by atoms with Gasteiger partial charge in [0.25, 0.3) is 0 Å². The van der Waals surface area contributed by atoms with Crippen LogP contribution < -0.4 is 14.8 Å². The summed E-state index contributed by atoms with van der Waals surface area (Å²) < 4.78 is 6.91. The summed E-state index contributed by atoms with van der Waals surface area (Å²) in [5.41, 5.74) is 2.88. The van der Waals surface area contributed by atoms with Crippen LogP contribution in [0.3, 0.4) is 0 Å². The summed E-state index contributed by atoms with van der Waals surface area (Å²) >= 11 is 1.56. The lowest BCUT2D eigenvalue weighted by Crippen LogP contribution is -2.26. The van der Waals surface area contributed by atoms with Gasteiger partial charge in [0.2, 0.25) is 5.91 Å². The van der Waals surface area contributed by atoms with Crippen molar-refractivity contribution in [1.29, 1.82) is 0 Å². The number of anilines is 2. The Labute approximate surface area is 160 Å². The van der Waals surface area contributed by atoms with Crippen LogP contribution in [0.4, 0.5) is 11.4 Å². The lowest BCUT2D eigenvalue weighted by molar-refractivity contribution is -0.117. The first-order chi connectivity index (χ1) is 12.4. The Bertz CT molecular complexity index is 744. The van der Waals surface area contributed by atoms with Crippen molar-refractivity contribution in [3.05, 3.63) is 24.4 Å². The zero-order valence-electron chi connectivity index (χ0n) is 15.9. The Balaban J connectivity index is 1.57. The number of hydrogen-bond donors (Lipinski definition) is 4. The molecule has 2 aromatic rings. The molecule has 1 aromatic heterocycles. The lowest BCUT2D eigenvalue weighted by atomic mass is 9.92. The molecule has 1 heterocycles. The fourth-order valence-electron chi connectivity index (χ4n) is 3.36. The van der Waals surface area contributed by atoms with Crippen LogP contribution in [0, 0.1) is 5.41 Å². The van der Waals surface area contributed by atoms with Crippen LogP contribution in [-0.4, -0.2) is 16.9 Å². The van der Waals surface area contributed by atoms with Crippen molar-refractivity contribution in [1.82, 2.24) is 9.71 Å². The number of H-pyrrole nitrogens is 1. The molecule has 0 unspecified atom stereocenters. The molecule has 4 N–H and O–H groups in total. The number of hydrogen-bond acceptors (Lipinski definition) is 4. The second-order valence-electron chi connectivity index (χ2n) is 8.41. The highest BCUT2D eigenvalue weighted by Crippen LogP contribution is 2.28. The molecule has 142 valence electrons.